The number of pyridine rings is 1. The molecular weight excluding hydrogens is 307 g/mol. The molecule has 3 nitrogen and oxygen atoms in total. The topological polar surface area (TPSA) is 38.1 Å². The first-order valence-electron chi connectivity index (χ1n) is 5.73. The van der Waals surface area contributed by atoms with Crippen LogP contribution in [0.3, 0.4) is 0 Å². The molecule has 0 aromatic carbocycles. The molecule has 19 heavy (non-hydrogen) atoms. The van der Waals surface area contributed by atoms with Crippen molar-refractivity contribution in [2.24, 2.45) is 0 Å². The van der Waals surface area contributed by atoms with E-state index in [9.17, 15) is 0 Å². The summed E-state index contributed by atoms with van der Waals surface area (Å²) in [6.07, 6.45) is 0. The van der Waals surface area contributed by atoms with Crippen LogP contribution in [-0.2, 0) is 0 Å². The van der Waals surface area contributed by atoms with Gasteiger partial charge in [0.1, 0.15) is 22.5 Å². The van der Waals surface area contributed by atoms with Gasteiger partial charge in [0.15, 0.2) is 0 Å². The third-order valence-corrected chi connectivity index (χ3v) is 3.75. The average molecular weight is 320 g/mol. The van der Waals surface area contributed by atoms with Gasteiger partial charge in [0.2, 0.25) is 0 Å². The van der Waals surface area contributed by atoms with E-state index in [-0.39, 0.29) is 11.2 Å². The molecule has 0 amide bonds. The molecular formula is C13H13Cl3N2O. The summed E-state index contributed by atoms with van der Waals surface area (Å²) in [5.41, 5.74) is 1.06. The van der Waals surface area contributed by atoms with Gasteiger partial charge in [0, 0.05) is 5.56 Å². The van der Waals surface area contributed by atoms with Gasteiger partial charge in [-0.05, 0) is 32.9 Å². The van der Waals surface area contributed by atoms with Gasteiger partial charge < -0.3 is 9.73 Å². The minimum Gasteiger partial charge on any atom is -0.466 e. The summed E-state index contributed by atoms with van der Waals surface area (Å²) in [7, 11) is 0. The van der Waals surface area contributed by atoms with Crippen molar-refractivity contribution in [1.29, 1.82) is 0 Å². The van der Waals surface area contributed by atoms with E-state index >= 15 is 0 Å². The Hall–Kier alpha value is -0.900. The lowest BCUT2D eigenvalue weighted by Crippen LogP contribution is -2.08. The highest BCUT2D eigenvalue weighted by atomic mass is 35.5. The van der Waals surface area contributed by atoms with Crippen molar-refractivity contribution in [3.8, 4) is 0 Å². The van der Waals surface area contributed by atoms with Gasteiger partial charge >= 0.3 is 0 Å². The predicted octanol–water partition coefficient (Wildman–Crippen LogP) is 5.42. The maximum absolute atomic E-state index is 6.09. The Morgan fingerprint density at radius 3 is 2.42 bits per heavy atom. The summed E-state index contributed by atoms with van der Waals surface area (Å²) in [6.45, 7) is 5.83. The monoisotopic (exact) mass is 318 g/mol. The molecule has 6 heteroatoms. The molecule has 0 aliphatic heterocycles. The van der Waals surface area contributed by atoms with Crippen LogP contribution in [0.4, 0.5) is 5.82 Å². The number of hydrogen-bond acceptors (Lipinski definition) is 3. The highest BCUT2D eigenvalue weighted by Crippen LogP contribution is 2.32. The van der Waals surface area contributed by atoms with E-state index in [4.69, 9.17) is 39.2 Å². The second-order valence-corrected chi connectivity index (χ2v) is 5.50. The van der Waals surface area contributed by atoms with Crippen LogP contribution in [0, 0.1) is 13.8 Å². The molecule has 2 aromatic rings. The molecule has 0 saturated heterocycles. The fourth-order valence-corrected chi connectivity index (χ4v) is 2.46. The van der Waals surface area contributed by atoms with E-state index in [1.807, 2.05) is 26.8 Å². The lowest BCUT2D eigenvalue weighted by molar-refractivity contribution is 0.500. The van der Waals surface area contributed by atoms with Crippen LogP contribution in [0.25, 0.3) is 0 Å². The SMILES string of the molecule is Cc1cc(C(C)Nc2nc(Cl)c(Cl)cc2Cl)c(C)o1. The third-order valence-electron chi connectivity index (χ3n) is 2.79. The fraction of sp³-hybridized carbons (Fsp3) is 0.308. The van der Waals surface area contributed by atoms with Crippen molar-refractivity contribution in [1.82, 2.24) is 4.98 Å². The molecule has 0 fully saturated rings. The zero-order valence-corrected chi connectivity index (χ0v) is 13.0. The molecule has 2 rings (SSSR count). The molecule has 1 unspecified atom stereocenters. The minimum absolute atomic E-state index is 0.000285. The van der Waals surface area contributed by atoms with Crippen LogP contribution >= 0.6 is 34.8 Å². The quantitative estimate of drug-likeness (QED) is 0.767. The first-order chi connectivity index (χ1) is 8.88. The molecule has 0 saturated carbocycles. The first kappa shape index (κ1) is 14.5. The van der Waals surface area contributed by atoms with Crippen LogP contribution < -0.4 is 5.32 Å². The summed E-state index contributed by atoms with van der Waals surface area (Å²) < 4.78 is 5.51. The van der Waals surface area contributed by atoms with Gasteiger partial charge in [-0.3, -0.25) is 0 Å². The van der Waals surface area contributed by atoms with Crippen molar-refractivity contribution in [3.05, 3.63) is 44.4 Å². The summed E-state index contributed by atoms with van der Waals surface area (Å²) in [5.74, 6) is 2.24. The van der Waals surface area contributed by atoms with E-state index in [2.05, 4.69) is 10.3 Å². The molecule has 0 radical (unpaired) electrons. The minimum atomic E-state index is -0.000285. The number of furan rings is 1. The lowest BCUT2D eigenvalue weighted by atomic mass is 10.1. The molecule has 0 bridgehead atoms. The summed E-state index contributed by atoms with van der Waals surface area (Å²) in [4.78, 5) is 4.13. The van der Waals surface area contributed by atoms with Gasteiger partial charge in [0.25, 0.3) is 0 Å². The number of nitrogens with one attached hydrogen (secondary N) is 1. The summed E-state index contributed by atoms with van der Waals surface area (Å²) in [6, 6.07) is 3.55. The van der Waals surface area contributed by atoms with E-state index in [0.29, 0.717) is 15.9 Å². The predicted molar refractivity (Wildman–Crippen MR) is 79.5 cm³/mol. The van der Waals surface area contributed by atoms with Crippen molar-refractivity contribution in [2.75, 3.05) is 5.32 Å². The van der Waals surface area contributed by atoms with Crippen molar-refractivity contribution >= 4 is 40.6 Å². The number of aryl methyl sites for hydroxylation is 2. The molecule has 2 aromatic heterocycles. The number of anilines is 1. The van der Waals surface area contributed by atoms with E-state index in [1.54, 1.807) is 6.07 Å². The number of rotatable bonds is 3. The standard InChI is InChI=1S/C13H13Cl3N2O/c1-6-4-9(8(3)19-6)7(2)17-13-11(15)5-10(14)12(16)18-13/h4-5,7H,1-3H3,(H,17,18). The zero-order valence-electron chi connectivity index (χ0n) is 10.7. The fourth-order valence-electron chi connectivity index (χ4n) is 1.91. The molecule has 1 atom stereocenters. The van der Waals surface area contributed by atoms with Gasteiger partial charge in [-0.1, -0.05) is 34.8 Å². The maximum Gasteiger partial charge on any atom is 0.150 e. The van der Waals surface area contributed by atoms with Gasteiger partial charge in [0.05, 0.1) is 16.1 Å². The summed E-state index contributed by atoms with van der Waals surface area (Å²) >= 11 is 17.8. The Morgan fingerprint density at radius 2 is 1.84 bits per heavy atom. The van der Waals surface area contributed by atoms with Crippen molar-refractivity contribution < 1.29 is 4.42 Å². The molecule has 2 heterocycles. The Labute approximate surface area is 126 Å². The second-order valence-electron chi connectivity index (χ2n) is 4.33. The average Bonchev–Trinajstić information content (AvgIpc) is 2.65. The Kier molecular flexibility index (Phi) is 4.29. The van der Waals surface area contributed by atoms with Crippen LogP contribution in [0.2, 0.25) is 15.2 Å². The maximum atomic E-state index is 6.09. The zero-order chi connectivity index (χ0) is 14.2. The third kappa shape index (κ3) is 3.16. The van der Waals surface area contributed by atoms with Gasteiger partial charge in [-0.15, -0.1) is 0 Å². The number of hydrogen-bond donors (Lipinski definition) is 1. The van der Waals surface area contributed by atoms with Crippen LogP contribution in [-0.4, -0.2) is 4.98 Å². The van der Waals surface area contributed by atoms with Crippen molar-refractivity contribution in [2.45, 2.75) is 26.8 Å². The van der Waals surface area contributed by atoms with E-state index in [0.717, 1.165) is 17.1 Å². The Balaban J connectivity index is 2.26. The molecule has 0 spiro atoms. The molecule has 0 aliphatic carbocycles. The van der Waals surface area contributed by atoms with E-state index in [1.165, 1.54) is 0 Å². The molecule has 0 aliphatic rings. The first-order valence-corrected chi connectivity index (χ1v) is 6.87. The van der Waals surface area contributed by atoms with Crippen molar-refractivity contribution in [3.63, 3.8) is 0 Å². The normalized spacial score (nSPS) is 12.5. The van der Waals surface area contributed by atoms with Gasteiger partial charge in [-0.25, -0.2) is 4.98 Å². The Bertz CT molecular complexity index is 610. The Morgan fingerprint density at radius 1 is 1.16 bits per heavy atom. The highest BCUT2D eigenvalue weighted by molar-refractivity contribution is 6.42. The number of aromatic nitrogens is 1. The largest absolute Gasteiger partial charge is 0.466 e. The smallest absolute Gasteiger partial charge is 0.150 e. The number of halogens is 3. The van der Waals surface area contributed by atoms with Crippen LogP contribution in [0.5, 0.6) is 0 Å². The van der Waals surface area contributed by atoms with E-state index < -0.39 is 0 Å². The molecule has 1 N–H and O–H groups in total. The molecule has 102 valence electrons. The highest BCUT2D eigenvalue weighted by Gasteiger charge is 2.15. The van der Waals surface area contributed by atoms with Crippen LogP contribution in [0.15, 0.2) is 16.5 Å². The van der Waals surface area contributed by atoms with Gasteiger partial charge in [-0.2, -0.15) is 0 Å². The lowest BCUT2D eigenvalue weighted by Gasteiger charge is -2.15. The van der Waals surface area contributed by atoms with Crippen LogP contribution in [0.1, 0.15) is 30.0 Å². The summed E-state index contributed by atoms with van der Waals surface area (Å²) in [5, 5.41) is 4.19. The second kappa shape index (κ2) is 5.61. The number of nitrogens with zero attached hydrogens (tertiary/aromatic N) is 1.